The molecule has 134 valence electrons. The van der Waals surface area contributed by atoms with Crippen molar-refractivity contribution in [1.29, 1.82) is 0 Å². The van der Waals surface area contributed by atoms with Crippen molar-refractivity contribution < 1.29 is 9.53 Å². The van der Waals surface area contributed by atoms with Crippen LogP contribution >= 0.6 is 11.3 Å². The van der Waals surface area contributed by atoms with Gasteiger partial charge in [0.05, 0.1) is 4.88 Å². The van der Waals surface area contributed by atoms with E-state index in [4.69, 9.17) is 4.74 Å². The van der Waals surface area contributed by atoms with E-state index in [1.165, 1.54) is 16.9 Å². The lowest BCUT2D eigenvalue weighted by atomic mass is 10.1. The predicted molar refractivity (Wildman–Crippen MR) is 108 cm³/mol. The molecule has 0 atom stereocenters. The first-order valence-electron chi connectivity index (χ1n) is 8.59. The van der Waals surface area contributed by atoms with Crippen molar-refractivity contribution in [2.45, 2.75) is 34.3 Å². The molecule has 0 saturated carbocycles. The summed E-state index contributed by atoms with van der Waals surface area (Å²) in [5.41, 5.74) is 6.38. The molecule has 1 amide bonds. The summed E-state index contributed by atoms with van der Waals surface area (Å²) >= 11 is 1.44. The van der Waals surface area contributed by atoms with Gasteiger partial charge in [-0.3, -0.25) is 4.79 Å². The summed E-state index contributed by atoms with van der Waals surface area (Å²) in [5, 5.41) is 5.01. The number of ether oxygens (including phenoxy) is 1. The van der Waals surface area contributed by atoms with Crippen LogP contribution in [0.5, 0.6) is 5.75 Å². The van der Waals surface area contributed by atoms with Crippen LogP contribution in [0.25, 0.3) is 0 Å². The number of aryl methyl sites for hydroxylation is 3. The van der Waals surface area contributed by atoms with E-state index in [-0.39, 0.29) is 5.91 Å². The molecule has 3 rings (SSSR count). The number of benzene rings is 2. The SMILES string of the molecule is Cc1cccc(OCc2csc(C(=O)Nc3c(C)cccc3C)c2)c1C. The highest BCUT2D eigenvalue weighted by atomic mass is 32.1. The van der Waals surface area contributed by atoms with Gasteiger partial charge < -0.3 is 10.1 Å². The minimum atomic E-state index is -0.0783. The molecule has 1 heterocycles. The first kappa shape index (κ1) is 18.2. The number of hydrogen-bond acceptors (Lipinski definition) is 3. The number of amides is 1. The fourth-order valence-corrected chi connectivity index (χ4v) is 3.59. The van der Waals surface area contributed by atoms with Gasteiger partial charge in [-0.2, -0.15) is 0 Å². The quantitative estimate of drug-likeness (QED) is 0.619. The molecule has 0 unspecified atom stereocenters. The Bertz CT molecular complexity index is 923. The van der Waals surface area contributed by atoms with Crippen LogP contribution in [0, 0.1) is 27.7 Å². The van der Waals surface area contributed by atoms with E-state index in [1.807, 2.05) is 55.6 Å². The number of para-hydroxylation sites is 1. The fraction of sp³-hybridized carbons (Fsp3) is 0.227. The molecule has 1 aromatic heterocycles. The fourth-order valence-electron chi connectivity index (χ4n) is 2.80. The average molecular weight is 365 g/mol. The monoisotopic (exact) mass is 365 g/mol. The molecular formula is C22H23NO2S. The molecule has 0 saturated heterocycles. The van der Waals surface area contributed by atoms with Crippen molar-refractivity contribution in [1.82, 2.24) is 0 Å². The lowest BCUT2D eigenvalue weighted by Crippen LogP contribution is -2.12. The summed E-state index contributed by atoms with van der Waals surface area (Å²) in [6.45, 7) is 8.59. The molecule has 0 aliphatic rings. The lowest BCUT2D eigenvalue weighted by molar-refractivity contribution is 0.103. The second-order valence-electron chi connectivity index (χ2n) is 6.53. The van der Waals surface area contributed by atoms with Crippen molar-refractivity contribution in [2.75, 3.05) is 5.32 Å². The molecule has 0 spiro atoms. The number of thiophene rings is 1. The third kappa shape index (κ3) is 3.97. The van der Waals surface area contributed by atoms with E-state index in [0.29, 0.717) is 11.5 Å². The smallest absolute Gasteiger partial charge is 0.265 e. The van der Waals surface area contributed by atoms with Crippen LogP contribution in [-0.4, -0.2) is 5.91 Å². The lowest BCUT2D eigenvalue weighted by Gasteiger charge is -2.10. The number of carbonyl (C=O) groups excluding carboxylic acids is 1. The Morgan fingerprint density at radius 1 is 1.00 bits per heavy atom. The zero-order valence-corrected chi connectivity index (χ0v) is 16.4. The van der Waals surface area contributed by atoms with Gasteiger partial charge in [0.2, 0.25) is 0 Å². The zero-order valence-electron chi connectivity index (χ0n) is 15.6. The second kappa shape index (κ2) is 7.75. The van der Waals surface area contributed by atoms with Crippen molar-refractivity contribution >= 4 is 22.9 Å². The van der Waals surface area contributed by atoms with Gasteiger partial charge in [0, 0.05) is 11.3 Å². The van der Waals surface area contributed by atoms with Gasteiger partial charge in [0.1, 0.15) is 12.4 Å². The molecule has 4 heteroatoms. The summed E-state index contributed by atoms with van der Waals surface area (Å²) in [6, 6.07) is 13.9. The van der Waals surface area contributed by atoms with Crippen LogP contribution in [0.4, 0.5) is 5.69 Å². The Balaban J connectivity index is 1.67. The van der Waals surface area contributed by atoms with Crippen LogP contribution in [0.15, 0.2) is 47.8 Å². The molecule has 0 aliphatic heterocycles. The minimum Gasteiger partial charge on any atom is -0.489 e. The number of anilines is 1. The summed E-state index contributed by atoms with van der Waals surface area (Å²) < 4.78 is 5.93. The molecule has 0 aliphatic carbocycles. The third-order valence-corrected chi connectivity index (χ3v) is 5.52. The highest BCUT2D eigenvalue weighted by molar-refractivity contribution is 7.12. The molecular weight excluding hydrogens is 342 g/mol. The second-order valence-corrected chi connectivity index (χ2v) is 7.44. The molecule has 0 fully saturated rings. The molecule has 0 bridgehead atoms. The van der Waals surface area contributed by atoms with Gasteiger partial charge >= 0.3 is 0 Å². The first-order valence-corrected chi connectivity index (χ1v) is 9.47. The maximum Gasteiger partial charge on any atom is 0.265 e. The van der Waals surface area contributed by atoms with Crippen molar-refractivity contribution in [2.24, 2.45) is 0 Å². The molecule has 2 aromatic carbocycles. The number of rotatable bonds is 5. The van der Waals surface area contributed by atoms with E-state index in [1.54, 1.807) is 0 Å². The van der Waals surface area contributed by atoms with Crippen molar-refractivity contribution in [3.05, 3.63) is 80.5 Å². The number of hydrogen-bond donors (Lipinski definition) is 1. The highest BCUT2D eigenvalue weighted by Gasteiger charge is 2.12. The summed E-state index contributed by atoms with van der Waals surface area (Å²) in [5.74, 6) is 0.808. The maximum atomic E-state index is 12.6. The summed E-state index contributed by atoms with van der Waals surface area (Å²) in [4.78, 5) is 13.3. The van der Waals surface area contributed by atoms with E-state index in [9.17, 15) is 4.79 Å². The molecule has 0 radical (unpaired) electrons. The Morgan fingerprint density at radius 3 is 2.38 bits per heavy atom. The van der Waals surface area contributed by atoms with E-state index in [2.05, 4.69) is 25.2 Å². The van der Waals surface area contributed by atoms with Crippen molar-refractivity contribution in [3.8, 4) is 5.75 Å². The van der Waals surface area contributed by atoms with Gasteiger partial charge in [0.25, 0.3) is 5.91 Å². The van der Waals surface area contributed by atoms with E-state index < -0.39 is 0 Å². The minimum absolute atomic E-state index is 0.0783. The van der Waals surface area contributed by atoms with Crippen LogP contribution in [0.2, 0.25) is 0 Å². The van der Waals surface area contributed by atoms with Gasteiger partial charge in [-0.15, -0.1) is 11.3 Å². The van der Waals surface area contributed by atoms with Gasteiger partial charge in [-0.05, 0) is 67.5 Å². The van der Waals surface area contributed by atoms with Crippen LogP contribution in [0.3, 0.4) is 0 Å². The summed E-state index contributed by atoms with van der Waals surface area (Å²) in [6.07, 6.45) is 0. The standard InChI is InChI=1S/C22H23NO2S/c1-14-7-6-10-19(17(14)4)25-12-18-11-20(26-13-18)22(24)23-21-15(2)8-5-9-16(21)3/h5-11,13H,12H2,1-4H3,(H,23,24). The first-order chi connectivity index (χ1) is 12.5. The van der Waals surface area contributed by atoms with Gasteiger partial charge in [0.15, 0.2) is 0 Å². The predicted octanol–water partition coefficient (Wildman–Crippen LogP) is 5.81. The van der Waals surface area contributed by atoms with Gasteiger partial charge in [-0.25, -0.2) is 0 Å². The zero-order chi connectivity index (χ0) is 18.7. The van der Waals surface area contributed by atoms with Crippen LogP contribution < -0.4 is 10.1 Å². The molecule has 1 N–H and O–H groups in total. The maximum absolute atomic E-state index is 12.6. The third-order valence-electron chi connectivity index (χ3n) is 4.55. The molecule has 26 heavy (non-hydrogen) atoms. The largest absolute Gasteiger partial charge is 0.489 e. The van der Waals surface area contributed by atoms with Crippen LogP contribution in [-0.2, 0) is 6.61 Å². The molecule has 3 aromatic rings. The number of nitrogens with one attached hydrogen (secondary N) is 1. The highest BCUT2D eigenvalue weighted by Crippen LogP contribution is 2.25. The average Bonchev–Trinajstić information content (AvgIpc) is 3.08. The summed E-state index contributed by atoms with van der Waals surface area (Å²) in [7, 11) is 0. The Hall–Kier alpha value is -2.59. The Kier molecular flexibility index (Phi) is 5.43. The normalized spacial score (nSPS) is 10.6. The topological polar surface area (TPSA) is 38.3 Å². The van der Waals surface area contributed by atoms with Gasteiger partial charge in [-0.1, -0.05) is 30.3 Å². The Labute approximate surface area is 158 Å². The van der Waals surface area contributed by atoms with Crippen LogP contribution in [0.1, 0.15) is 37.5 Å². The van der Waals surface area contributed by atoms with E-state index >= 15 is 0 Å². The Morgan fingerprint density at radius 2 is 1.65 bits per heavy atom. The van der Waals surface area contributed by atoms with Crippen molar-refractivity contribution in [3.63, 3.8) is 0 Å². The van der Waals surface area contributed by atoms with E-state index in [0.717, 1.165) is 33.7 Å². The number of carbonyl (C=O) groups is 1. The molecule has 3 nitrogen and oxygen atoms in total.